The smallest absolute Gasteiger partial charge is 0.169 e. The van der Waals surface area contributed by atoms with Crippen LogP contribution in [0, 0.1) is 0 Å². The van der Waals surface area contributed by atoms with E-state index < -0.39 is 5.38 Å². The Labute approximate surface area is 168 Å². The van der Waals surface area contributed by atoms with Crippen LogP contribution in [0.1, 0.15) is 18.4 Å². The number of hydrogen-bond donors (Lipinski definition) is 2. The highest BCUT2D eigenvalue weighted by Crippen LogP contribution is 2.35. The molecular formula is C17H19Br2ClN2O3. The van der Waals surface area contributed by atoms with Crippen LogP contribution < -0.4 is 10.5 Å². The number of hydrogen-bond acceptors (Lipinski definition) is 5. The third-order valence-corrected chi connectivity index (χ3v) is 5.18. The van der Waals surface area contributed by atoms with Gasteiger partial charge in [-0.1, -0.05) is 0 Å². The summed E-state index contributed by atoms with van der Waals surface area (Å²) in [4.78, 5) is 15.9. The van der Waals surface area contributed by atoms with Crippen molar-refractivity contribution < 1.29 is 14.6 Å². The molecule has 3 N–H and O–H groups in total. The van der Waals surface area contributed by atoms with Gasteiger partial charge in [0, 0.05) is 19.2 Å². The first-order valence-electron chi connectivity index (χ1n) is 7.85. The minimum atomic E-state index is -0.632. The first kappa shape index (κ1) is 20.4. The van der Waals surface area contributed by atoms with E-state index in [0.717, 1.165) is 26.7 Å². The Kier molecular flexibility index (Phi) is 7.93. The van der Waals surface area contributed by atoms with E-state index in [4.69, 9.17) is 22.1 Å². The van der Waals surface area contributed by atoms with Crippen molar-refractivity contribution in [2.45, 2.75) is 24.6 Å². The molecule has 2 rings (SSSR count). The molecule has 0 aliphatic heterocycles. The van der Waals surface area contributed by atoms with Crippen molar-refractivity contribution >= 4 is 55.5 Å². The van der Waals surface area contributed by atoms with Gasteiger partial charge in [0.15, 0.2) is 5.78 Å². The number of alkyl halides is 1. The first-order valence-corrected chi connectivity index (χ1v) is 9.87. The average molecular weight is 495 g/mol. The standard InChI is InChI=1S/C17H19Br2ClN2O3/c18-12-6-10(7-13(19)17(12)25-5-1-3-21)2-4-22-9-11-15(23)8-14(20)16(11)24/h6-7,9,14,24H,1-5,8,21H2/t14-/m0/s1. The molecule has 0 fully saturated rings. The van der Waals surface area contributed by atoms with Crippen molar-refractivity contribution in [3.05, 3.63) is 38.0 Å². The molecular weight excluding hydrogens is 475 g/mol. The predicted octanol–water partition coefficient (Wildman–Crippen LogP) is 3.94. The lowest BCUT2D eigenvalue weighted by atomic mass is 10.1. The van der Waals surface area contributed by atoms with Crippen LogP contribution in [0.3, 0.4) is 0 Å². The van der Waals surface area contributed by atoms with Gasteiger partial charge in [0.1, 0.15) is 11.5 Å². The van der Waals surface area contributed by atoms with Crippen LogP contribution in [-0.4, -0.2) is 42.2 Å². The highest BCUT2D eigenvalue weighted by atomic mass is 79.9. The van der Waals surface area contributed by atoms with Gasteiger partial charge in [-0.25, -0.2) is 0 Å². The van der Waals surface area contributed by atoms with Gasteiger partial charge in [-0.05, 0) is 68.9 Å². The second kappa shape index (κ2) is 9.71. The molecule has 0 unspecified atom stereocenters. The lowest BCUT2D eigenvalue weighted by molar-refractivity contribution is -0.114. The molecule has 8 heteroatoms. The number of carbonyl (C=O) groups excluding carboxylic acids is 1. The summed E-state index contributed by atoms with van der Waals surface area (Å²) in [6, 6.07) is 3.95. The number of aliphatic hydroxyl groups is 1. The Morgan fingerprint density at radius 2 is 2.08 bits per heavy atom. The van der Waals surface area contributed by atoms with Crippen LogP contribution in [0.2, 0.25) is 0 Å². The number of allylic oxidation sites excluding steroid dienone is 2. The van der Waals surface area contributed by atoms with E-state index in [9.17, 15) is 9.90 Å². The fraction of sp³-hybridized carbons (Fsp3) is 0.412. The lowest BCUT2D eigenvalue weighted by Crippen LogP contribution is -2.07. The van der Waals surface area contributed by atoms with Gasteiger partial charge in [0.25, 0.3) is 0 Å². The highest BCUT2D eigenvalue weighted by molar-refractivity contribution is 9.11. The van der Waals surface area contributed by atoms with Crippen molar-refractivity contribution in [2.24, 2.45) is 10.7 Å². The summed E-state index contributed by atoms with van der Waals surface area (Å²) in [7, 11) is 0. The number of aliphatic imine (C=N–C) groups is 1. The molecule has 5 nitrogen and oxygen atoms in total. The Morgan fingerprint density at radius 3 is 2.64 bits per heavy atom. The SMILES string of the molecule is NCCCOc1c(Br)cc(CCN=CC2=C(O)[C@@H](Cl)CC2=O)cc1Br. The second-order valence-corrected chi connectivity index (χ2v) is 7.79. The molecule has 0 bridgehead atoms. The van der Waals surface area contributed by atoms with Crippen molar-refractivity contribution in [3.8, 4) is 5.75 Å². The van der Waals surface area contributed by atoms with Crippen molar-refractivity contribution in [3.63, 3.8) is 0 Å². The lowest BCUT2D eigenvalue weighted by Gasteiger charge is -2.11. The number of carbonyl (C=O) groups is 1. The number of benzene rings is 1. The van der Waals surface area contributed by atoms with Gasteiger partial charge in [0.05, 0.1) is 26.5 Å². The van der Waals surface area contributed by atoms with E-state index in [0.29, 0.717) is 26.1 Å². The maximum atomic E-state index is 11.7. The molecule has 25 heavy (non-hydrogen) atoms. The van der Waals surface area contributed by atoms with Gasteiger partial charge in [-0.15, -0.1) is 11.6 Å². The molecule has 0 saturated heterocycles. The molecule has 0 amide bonds. The van der Waals surface area contributed by atoms with E-state index in [2.05, 4.69) is 36.9 Å². The van der Waals surface area contributed by atoms with Crippen LogP contribution in [0.4, 0.5) is 0 Å². The zero-order chi connectivity index (χ0) is 18.4. The molecule has 0 heterocycles. The molecule has 0 saturated carbocycles. The monoisotopic (exact) mass is 492 g/mol. The normalized spacial score (nSPS) is 17.8. The maximum absolute atomic E-state index is 11.7. The van der Waals surface area contributed by atoms with E-state index in [1.165, 1.54) is 6.21 Å². The van der Waals surface area contributed by atoms with Crippen LogP contribution in [0.5, 0.6) is 5.75 Å². The van der Waals surface area contributed by atoms with Gasteiger partial charge in [0.2, 0.25) is 0 Å². The summed E-state index contributed by atoms with van der Waals surface area (Å²) in [5.41, 5.74) is 6.74. The third kappa shape index (κ3) is 5.54. The second-order valence-electron chi connectivity index (χ2n) is 5.56. The van der Waals surface area contributed by atoms with Crippen LogP contribution >= 0.6 is 43.5 Å². The number of nitrogens with zero attached hydrogens (tertiary/aromatic N) is 1. The number of nitrogens with two attached hydrogens (primary N) is 1. The fourth-order valence-electron chi connectivity index (χ4n) is 2.32. The number of rotatable bonds is 8. The van der Waals surface area contributed by atoms with Crippen molar-refractivity contribution in [1.82, 2.24) is 0 Å². The molecule has 0 radical (unpaired) electrons. The molecule has 0 aromatic heterocycles. The summed E-state index contributed by atoms with van der Waals surface area (Å²) in [5, 5.41) is 9.11. The van der Waals surface area contributed by atoms with E-state index in [1.807, 2.05) is 12.1 Å². The van der Waals surface area contributed by atoms with Gasteiger partial charge in [-0.2, -0.15) is 0 Å². The molecule has 1 atom stereocenters. The van der Waals surface area contributed by atoms with E-state index in [-0.39, 0.29) is 23.5 Å². The van der Waals surface area contributed by atoms with Gasteiger partial charge in [-0.3, -0.25) is 9.79 Å². The summed E-state index contributed by atoms with van der Waals surface area (Å²) < 4.78 is 7.41. The minimum Gasteiger partial charge on any atom is -0.510 e. The quantitative estimate of drug-likeness (QED) is 0.326. The Balaban J connectivity index is 1.95. The van der Waals surface area contributed by atoms with Gasteiger partial charge < -0.3 is 15.6 Å². The topological polar surface area (TPSA) is 84.9 Å². The number of Topliss-reactive ketones (excluding diaryl/α,β-unsaturated/α-hetero) is 1. The van der Waals surface area contributed by atoms with E-state index in [1.54, 1.807) is 0 Å². The first-order chi connectivity index (χ1) is 11.9. The third-order valence-electron chi connectivity index (χ3n) is 3.64. The average Bonchev–Trinajstić information content (AvgIpc) is 2.80. The molecule has 136 valence electrons. The number of ketones is 1. The molecule has 1 aromatic rings. The van der Waals surface area contributed by atoms with Crippen molar-refractivity contribution in [1.29, 1.82) is 0 Å². The fourth-order valence-corrected chi connectivity index (χ4v) is 4.09. The molecule has 1 aliphatic rings. The Morgan fingerprint density at radius 1 is 1.40 bits per heavy atom. The van der Waals surface area contributed by atoms with Crippen LogP contribution in [0.25, 0.3) is 0 Å². The zero-order valence-corrected chi connectivity index (χ0v) is 17.4. The maximum Gasteiger partial charge on any atom is 0.169 e. The van der Waals surface area contributed by atoms with Crippen LogP contribution in [0.15, 0.2) is 37.4 Å². The Hall–Kier alpha value is -0.890. The largest absolute Gasteiger partial charge is 0.510 e. The number of halogens is 3. The van der Waals surface area contributed by atoms with E-state index >= 15 is 0 Å². The van der Waals surface area contributed by atoms with Crippen molar-refractivity contribution in [2.75, 3.05) is 19.7 Å². The highest BCUT2D eigenvalue weighted by Gasteiger charge is 2.29. The van der Waals surface area contributed by atoms with Gasteiger partial charge >= 0.3 is 0 Å². The minimum absolute atomic E-state index is 0.0834. The number of aliphatic hydroxyl groups excluding tert-OH is 1. The summed E-state index contributed by atoms with van der Waals surface area (Å²) in [6.45, 7) is 1.64. The number of ether oxygens (including phenoxy) is 1. The van der Waals surface area contributed by atoms with Crippen LogP contribution in [-0.2, 0) is 11.2 Å². The predicted molar refractivity (Wildman–Crippen MR) is 107 cm³/mol. The molecule has 1 aromatic carbocycles. The Bertz CT molecular complexity index is 684. The molecule has 0 spiro atoms. The summed E-state index contributed by atoms with van der Waals surface area (Å²) in [6.07, 6.45) is 3.01. The summed E-state index contributed by atoms with van der Waals surface area (Å²) in [5.74, 6) is 0.492. The zero-order valence-electron chi connectivity index (χ0n) is 13.5. The molecule has 1 aliphatic carbocycles. The summed E-state index contributed by atoms with van der Waals surface area (Å²) >= 11 is 12.9.